The second-order valence-electron chi connectivity index (χ2n) is 3.20. The summed E-state index contributed by atoms with van der Waals surface area (Å²) < 4.78 is 26.8. The van der Waals surface area contributed by atoms with Crippen molar-refractivity contribution in [2.45, 2.75) is 12.5 Å². The summed E-state index contributed by atoms with van der Waals surface area (Å²) >= 11 is 0. The van der Waals surface area contributed by atoms with E-state index in [1.54, 1.807) is 0 Å². The Morgan fingerprint density at radius 2 is 2.15 bits per heavy atom. The van der Waals surface area contributed by atoms with Gasteiger partial charge in [0.25, 0.3) is 0 Å². The average molecular weight is 207 g/mol. The zero-order chi connectivity index (χ0) is 10.1. The van der Waals surface area contributed by atoms with Gasteiger partial charge in [-0.2, -0.15) is 0 Å². The van der Waals surface area contributed by atoms with Crippen LogP contribution >= 0.6 is 0 Å². The molecule has 0 radical (unpaired) electrons. The second-order valence-corrected chi connectivity index (χ2v) is 5.43. The van der Waals surface area contributed by atoms with E-state index >= 15 is 0 Å². The van der Waals surface area contributed by atoms with Gasteiger partial charge in [0.05, 0.1) is 24.5 Å². The zero-order valence-electron chi connectivity index (χ0n) is 7.39. The van der Waals surface area contributed by atoms with E-state index in [1.807, 2.05) is 0 Å². The normalized spacial score (nSPS) is 32.5. The highest BCUT2D eigenvalue weighted by molar-refractivity contribution is 7.91. The molecule has 6 heteroatoms. The molecule has 0 aromatic heterocycles. The fourth-order valence-corrected chi connectivity index (χ4v) is 3.12. The molecule has 1 aliphatic rings. The van der Waals surface area contributed by atoms with Gasteiger partial charge in [0.15, 0.2) is 9.84 Å². The number of nitrogens with two attached hydrogens (primary N) is 1. The molecule has 0 aromatic carbocycles. The number of hydrogen-bond donors (Lipinski definition) is 1. The van der Waals surface area contributed by atoms with Crippen LogP contribution in [0.1, 0.15) is 6.42 Å². The van der Waals surface area contributed by atoms with Crippen molar-refractivity contribution in [2.75, 3.05) is 18.6 Å². The first-order valence-electron chi connectivity index (χ1n) is 4.00. The summed E-state index contributed by atoms with van der Waals surface area (Å²) in [5.41, 5.74) is 5.61. The molecule has 0 aliphatic carbocycles. The lowest BCUT2D eigenvalue weighted by Gasteiger charge is -2.25. The summed E-state index contributed by atoms with van der Waals surface area (Å²) in [6, 6.07) is -0.393. The molecule has 1 heterocycles. The van der Waals surface area contributed by atoms with Gasteiger partial charge in [0.1, 0.15) is 0 Å². The number of carbonyl (C=O) groups is 1. The van der Waals surface area contributed by atoms with E-state index in [1.165, 1.54) is 7.11 Å². The summed E-state index contributed by atoms with van der Waals surface area (Å²) in [6.07, 6.45) is 0.335. The molecule has 0 saturated carbocycles. The van der Waals surface area contributed by atoms with Gasteiger partial charge in [-0.15, -0.1) is 0 Å². The van der Waals surface area contributed by atoms with E-state index in [4.69, 9.17) is 5.73 Å². The molecular formula is C7H13NO4S. The molecule has 0 bridgehead atoms. The van der Waals surface area contributed by atoms with Gasteiger partial charge < -0.3 is 10.5 Å². The van der Waals surface area contributed by atoms with E-state index in [0.29, 0.717) is 6.42 Å². The summed E-state index contributed by atoms with van der Waals surface area (Å²) in [7, 11) is -1.87. The maximum absolute atomic E-state index is 11.2. The number of esters is 1. The molecule has 76 valence electrons. The van der Waals surface area contributed by atoms with Crippen LogP contribution in [0.3, 0.4) is 0 Å². The number of ether oxygens (including phenoxy) is 1. The highest BCUT2D eigenvalue weighted by Gasteiger charge is 2.36. The van der Waals surface area contributed by atoms with Crippen LogP contribution in [0, 0.1) is 5.92 Å². The van der Waals surface area contributed by atoms with Crippen molar-refractivity contribution < 1.29 is 17.9 Å². The van der Waals surface area contributed by atoms with E-state index in [9.17, 15) is 13.2 Å². The topological polar surface area (TPSA) is 86.5 Å². The first kappa shape index (κ1) is 10.5. The molecule has 1 rings (SSSR count). The van der Waals surface area contributed by atoms with E-state index in [-0.39, 0.29) is 11.5 Å². The number of methoxy groups -OCH3 is 1. The average Bonchev–Trinajstić information content (AvgIpc) is 2.08. The Morgan fingerprint density at radius 3 is 2.69 bits per heavy atom. The van der Waals surface area contributed by atoms with Crippen LogP contribution in [-0.4, -0.2) is 39.0 Å². The quantitative estimate of drug-likeness (QED) is 0.553. The molecule has 13 heavy (non-hydrogen) atoms. The third kappa shape index (κ3) is 2.41. The van der Waals surface area contributed by atoms with Crippen LogP contribution in [-0.2, 0) is 19.4 Å². The van der Waals surface area contributed by atoms with Crippen molar-refractivity contribution in [2.24, 2.45) is 11.7 Å². The Morgan fingerprint density at radius 1 is 1.54 bits per heavy atom. The first-order valence-corrected chi connectivity index (χ1v) is 5.82. The maximum atomic E-state index is 11.2. The monoisotopic (exact) mass is 207 g/mol. The minimum atomic E-state index is -3.10. The highest BCUT2D eigenvalue weighted by atomic mass is 32.2. The molecule has 0 amide bonds. The largest absolute Gasteiger partial charge is 0.469 e. The van der Waals surface area contributed by atoms with Gasteiger partial charge >= 0.3 is 5.97 Å². The Bertz CT molecular complexity index is 298. The zero-order valence-corrected chi connectivity index (χ0v) is 8.21. The molecule has 0 unspecified atom stereocenters. The Hall–Kier alpha value is -0.620. The SMILES string of the molecule is COC(=O)[C@H]1CS(=O)(=O)CC[C@H]1N. The van der Waals surface area contributed by atoms with Crippen LogP contribution in [0.5, 0.6) is 0 Å². The minimum Gasteiger partial charge on any atom is -0.469 e. The van der Waals surface area contributed by atoms with Crippen molar-refractivity contribution in [3.8, 4) is 0 Å². The summed E-state index contributed by atoms with van der Waals surface area (Å²) in [5, 5.41) is 0. The van der Waals surface area contributed by atoms with Crippen molar-refractivity contribution in [3.05, 3.63) is 0 Å². The lowest BCUT2D eigenvalue weighted by Crippen LogP contribution is -2.46. The number of sulfone groups is 1. The van der Waals surface area contributed by atoms with Crippen molar-refractivity contribution in [1.29, 1.82) is 0 Å². The predicted octanol–water partition coefficient (Wildman–Crippen LogP) is -1.08. The predicted molar refractivity (Wildman–Crippen MR) is 46.8 cm³/mol. The molecule has 1 aliphatic heterocycles. The molecule has 1 saturated heterocycles. The summed E-state index contributed by atoms with van der Waals surface area (Å²) in [6.45, 7) is 0. The summed E-state index contributed by atoms with van der Waals surface area (Å²) in [4.78, 5) is 11.1. The third-order valence-corrected chi connectivity index (χ3v) is 3.94. The Labute approximate surface area is 77.2 Å². The van der Waals surface area contributed by atoms with Gasteiger partial charge in [-0.3, -0.25) is 4.79 Å². The van der Waals surface area contributed by atoms with Crippen LogP contribution in [0.4, 0.5) is 0 Å². The highest BCUT2D eigenvalue weighted by Crippen LogP contribution is 2.18. The molecule has 0 aromatic rings. The molecule has 0 spiro atoms. The molecule has 1 fully saturated rings. The number of hydrogen-bond acceptors (Lipinski definition) is 5. The van der Waals surface area contributed by atoms with Gasteiger partial charge in [0, 0.05) is 6.04 Å². The lowest BCUT2D eigenvalue weighted by atomic mass is 10.0. The Kier molecular flexibility index (Phi) is 2.92. The molecule has 5 nitrogen and oxygen atoms in total. The fourth-order valence-electron chi connectivity index (χ4n) is 1.39. The third-order valence-electron chi connectivity index (χ3n) is 2.22. The van der Waals surface area contributed by atoms with Gasteiger partial charge in [-0.1, -0.05) is 0 Å². The molecule has 2 atom stereocenters. The van der Waals surface area contributed by atoms with Crippen LogP contribution in [0.15, 0.2) is 0 Å². The van der Waals surface area contributed by atoms with E-state index in [0.717, 1.165) is 0 Å². The fraction of sp³-hybridized carbons (Fsp3) is 0.857. The van der Waals surface area contributed by atoms with Gasteiger partial charge in [-0.25, -0.2) is 8.42 Å². The molecule has 2 N–H and O–H groups in total. The van der Waals surface area contributed by atoms with Crippen molar-refractivity contribution in [1.82, 2.24) is 0 Å². The van der Waals surface area contributed by atoms with Crippen LogP contribution < -0.4 is 5.73 Å². The Balaban J connectivity index is 2.77. The van der Waals surface area contributed by atoms with Crippen molar-refractivity contribution in [3.63, 3.8) is 0 Å². The van der Waals surface area contributed by atoms with Crippen LogP contribution in [0.2, 0.25) is 0 Å². The van der Waals surface area contributed by atoms with E-state index < -0.39 is 27.8 Å². The first-order chi connectivity index (χ1) is 5.96. The summed E-state index contributed by atoms with van der Waals surface area (Å²) in [5.74, 6) is -1.33. The maximum Gasteiger partial charge on any atom is 0.311 e. The van der Waals surface area contributed by atoms with Crippen LogP contribution in [0.25, 0.3) is 0 Å². The van der Waals surface area contributed by atoms with Gasteiger partial charge in [-0.05, 0) is 6.42 Å². The number of rotatable bonds is 1. The smallest absolute Gasteiger partial charge is 0.311 e. The van der Waals surface area contributed by atoms with Crippen molar-refractivity contribution >= 4 is 15.8 Å². The minimum absolute atomic E-state index is 0.0711. The lowest BCUT2D eigenvalue weighted by molar-refractivity contribution is -0.145. The standard InChI is InChI=1S/C7H13NO4S/c1-12-7(9)5-4-13(10,11)3-2-6(5)8/h5-6H,2-4,8H2,1H3/t5-,6+/m0/s1. The van der Waals surface area contributed by atoms with Gasteiger partial charge in [0.2, 0.25) is 0 Å². The molecular weight excluding hydrogens is 194 g/mol. The second kappa shape index (κ2) is 3.63. The number of carbonyl (C=O) groups excluding carboxylic acids is 1. The van der Waals surface area contributed by atoms with E-state index in [2.05, 4.69) is 4.74 Å².